The molecular formula is C27H32N6O5. The fourth-order valence-corrected chi connectivity index (χ4v) is 5.48. The average molecular weight is 521 g/mol. The van der Waals surface area contributed by atoms with Crippen molar-refractivity contribution in [3.05, 3.63) is 35.9 Å². The summed E-state index contributed by atoms with van der Waals surface area (Å²) < 4.78 is 16.6. The van der Waals surface area contributed by atoms with Gasteiger partial charge in [0.25, 0.3) is 0 Å². The first-order chi connectivity index (χ1) is 18.6. The number of pyridine rings is 1. The average Bonchev–Trinajstić information content (AvgIpc) is 2.96. The summed E-state index contributed by atoms with van der Waals surface area (Å²) in [5.74, 6) is 2.11. The molecule has 0 spiro atoms. The number of nitrogens with zero attached hydrogens (tertiary/aromatic N) is 6. The number of aliphatic hydroxyl groups excluding tert-OH is 1. The van der Waals surface area contributed by atoms with E-state index >= 15 is 0 Å². The number of ether oxygens (including phenoxy) is 3. The van der Waals surface area contributed by atoms with Gasteiger partial charge >= 0.3 is 0 Å². The molecule has 3 fully saturated rings. The van der Waals surface area contributed by atoms with Gasteiger partial charge in [0.05, 0.1) is 56.7 Å². The van der Waals surface area contributed by atoms with Crippen molar-refractivity contribution in [2.45, 2.75) is 25.6 Å². The van der Waals surface area contributed by atoms with E-state index in [0.717, 1.165) is 29.0 Å². The Bertz CT molecular complexity index is 1350. The number of piperazine rings is 1. The highest BCUT2D eigenvalue weighted by molar-refractivity contribution is 5.90. The fraction of sp³-hybridized carbons (Fsp3) is 0.481. The van der Waals surface area contributed by atoms with Crippen LogP contribution in [0.15, 0.2) is 30.3 Å². The van der Waals surface area contributed by atoms with Crippen LogP contribution in [-0.2, 0) is 20.9 Å². The summed E-state index contributed by atoms with van der Waals surface area (Å²) in [4.78, 5) is 33.5. The van der Waals surface area contributed by atoms with Crippen LogP contribution in [0.3, 0.4) is 0 Å². The van der Waals surface area contributed by atoms with Crippen LogP contribution in [0.25, 0.3) is 22.3 Å². The Hall–Kier alpha value is -3.54. The Kier molecular flexibility index (Phi) is 6.73. The van der Waals surface area contributed by atoms with E-state index in [4.69, 9.17) is 29.2 Å². The minimum atomic E-state index is -0.130. The molecule has 3 aliphatic rings. The van der Waals surface area contributed by atoms with Gasteiger partial charge in [-0.1, -0.05) is 0 Å². The highest BCUT2D eigenvalue weighted by Gasteiger charge is 2.35. The molecule has 200 valence electrons. The molecule has 3 aliphatic heterocycles. The lowest BCUT2D eigenvalue weighted by atomic mass is 10.1. The number of carbonyl (C=O) groups is 1. The second-order valence-corrected chi connectivity index (χ2v) is 9.92. The highest BCUT2D eigenvalue weighted by Crippen LogP contribution is 2.32. The predicted molar refractivity (Wildman–Crippen MR) is 141 cm³/mol. The van der Waals surface area contributed by atoms with Crippen LogP contribution < -0.4 is 14.5 Å². The quantitative estimate of drug-likeness (QED) is 0.531. The maximum atomic E-state index is 12.3. The van der Waals surface area contributed by atoms with Gasteiger partial charge in [-0.15, -0.1) is 0 Å². The third kappa shape index (κ3) is 4.50. The van der Waals surface area contributed by atoms with E-state index in [1.165, 1.54) is 0 Å². The number of morpholine rings is 2. The van der Waals surface area contributed by atoms with Crippen LogP contribution in [0.2, 0.25) is 0 Å². The standard InChI is InChI=1S/C27H32N6O5/c1-17-14-37-10-9-32(17)26-21-4-5-22(18-3-6-23(36-2)19(11-18)13-34)28-25(21)29-27(30-26)31-7-8-33-20(12-31)15-38-16-24(33)35/h3-6,11,17,20,34H,7-10,12-16H2,1-2H3/t17-,20?/m0/s1. The number of methoxy groups -OCH3 is 1. The maximum absolute atomic E-state index is 12.3. The molecule has 3 saturated heterocycles. The monoisotopic (exact) mass is 520 g/mol. The second-order valence-electron chi connectivity index (χ2n) is 9.92. The van der Waals surface area contributed by atoms with Gasteiger partial charge in [0.15, 0.2) is 5.65 Å². The van der Waals surface area contributed by atoms with Crippen LogP contribution in [0.5, 0.6) is 5.75 Å². The number of benzene rings is 1. The van der Waals surface area contributed by atoms with E-state index in [-0.39, 0.29) is 31.2 Å². The first kappa shape index (κ1) is 24.8. The summed E-state index contributed by atoms with van der Waals surface area (Å²) in [6.45, 7) is 6.51. The number of fused-ring (bicyclic) bond motifs is 2. The molecule has 6 rings (SSSR count). The molecule has 2 aromatic heterocycles. The van der Waals surface area contributed by atoms with Crippen molar-refractivity contribution in [2.24, 2.45) is 0 Å². The first-order valence-electron chi connectivity index (χ1n) is 13.0. The van der Waals surface area contributed by atoms with Crippen LogP contribution in [0.4, 0.5) is 11.8 Å². The van der Waals surface area contributed by atoms with E-state index in [1.807, 2.05) is 35.2 Å². The minimum absolute atomic E-state index is 0.0226. The van der Waals surface area contributed by atoms with Gasteiger partial charge in [0.2, 0.25) is 11.9 Å². The second kappa shape index (κ2) is 10.3. The van der Waals surface area contributed by atoms with E-state index < -0.39 is 0 Å². The summed E-state index contributed by atoms with van der Waals surface area (Å²) in [6, 6.07) is 9.78. The number of hydrogen-bond donors (Lipinski definition) is 1. The number of aliphatic hydroxyl groups is 1. The van der Waals surface area contributed by atoms with Gasteiger partial charge in [0, 0.05) is 37.3 Å². The summed E-state index contributed by atoms with van der Waals surface area (Å²) in [7, 11) is 1.59. The topological polar surface area (TPSA) is 113 Å². The number of hydrogen-bond acceptors (Lipinski definition) is 10. The molecular weight excluding hydrogens is 488 g/mol. The molecule has 2 atom stereocenters. The number of carbonyl (C=O) groups excluding carboxylic acids is 1. The molecule has 3 aromatic rings. The Morgan fingerprint density at radius 1 is 1.05 bits per heavy atom. The molecule has 0 aliphatic carbocycles. The predicted octanol–water partition coefficient (Wildman–Crippen LogP) is 1.47. The Morgan fingerprint density at radius 3 is 2.76 bits per heavy atom. The Balaban J connectivity index is 1.42. The van der Waals surface area contributed by atoms with Gasteiger partial charge in [-0.05, 0) is 37.3 Å². The fourth-order valence-electron chi connectivity index (χ4n) is 5.48. The van der Waals surface area contributed by atoms with Crippen molar-refractivity contribution in [3.8, 4) is 17.0 Å². The molecule has 1 N–H and O–H groups in total. The zero-order valence-corrected chi connectivity index (χ0v) is 21.7. The molecule has 0 bridgehead atoms. The zero-order chi connectivity index (χ0) is 26.2. The smallest absolute Gasteiger partial charge is 0.249 e. The third-order valence-electron chi connectivity index (χ3n) is 7.54. The molecule has 11 nitrogen and oxygen atoms in total. The Morgan fingerprint density at radius 2 is 1.95 bits per heavy atom. The van der Waals surface area contributed by atoms with Gasteiger partial charge in [-0.2, -0.15) is 9.97 Å². The lowest BCUT2D eigenvalue weighted by molar-refractivity contribution is -0.148. The van der Waals surface area contributed by atoms with E-state index in [9.17, 15) is 9.90 Å². The lowest BCUT2D eigenvalue weighted by Crippen LogP contribution is -2.60. The summed E-state index contributed by atoms with van der Waals surface area (Å²) in [5, 5.41) is 10.7. The van der Waals surface area contributed by atoms with Crippen molar-refractivity contribution in [2.75, 3.05) is 69.5 Å². The minimum Gasteiger partial charge on any atom is -0.496 e. The summed E-state index contributed by atoms with van der Waals surface area (Å²) >= 11 is 0. The van der Waals surface area contributed by atoms with Crippen molar-refractivity contribution in [1.82, 2.24) is 19.9 Å². The van der Waals surface area contributed by atoms with Crippen LogP contribution in [0, 0.1) is 0 Å². The first-order valence-corrected chi connectivity index (χ1v) is 13.0. The van der Waals surface area contributed by atoms with Crippen molar-refractivity contribution < 1.29 is 24.1 Å². The molecule has 11 heteroatoms. The van der Waals surface area contributed by atoms with Gasteiger partial charge < -0.3 is 34.0 Å². The highest BCUT2D eigenvalue weighted by atomic mass is 16.5. The van der Waals surface area contributed by atoms with Crippen LogP contribution in [-0.4, -0.2) is 103 Å². The zero-order valence-electron chi connectivity index (χ0n) is 21.7. The third-order valence-corrected chi connectivity index (χ3v) is 7.54. The SMILES string of the molecule is COc1ccc(-c2ccc3c(N4CCOC[C@@H]4C)nc(N4CCN5C(=O)COCC5C4)nc3n2)cc1CO. The van der Waals surface area contributed by atoms with E-state index in [1.54, 1.807) is 7.11 Å². The Labute approximate surface area is 220 Å². The normalized spacial score (nSPS) is 22.1. The molecule has 1 unspecified atom stereocenters. The van der Waals surface area contributed by atoms with Crippen molar-refractivity contribution >= 4 is 28.7 Å². The number of rotatable bonds is 5. The molecule has 5 heterocycles. The van der Waals surface area contributed by atoms with Crippen LogP contribution >= 0.6 is 0 Å². The number of aromatic nitrogens is 3. The van der Waals surface area contributed by atoms with Gasteiger partial charge in [0.1, 0.15) is 18.2 Å². The lowest BCUT2D eigenvalue weighted by Gasteiger charge is -2.43. The van der Waals surface area contributed by atoms with Gasteiger partial charge in [-0.25, -0.2) is 4.98 Å². The van der Waals surface area contributed by atoms with E-state index in [2.05, 4.69) is 16.7 Å². The number of anilines is 2. The maximum Gasteiger partial charge on any atom is 0.249 e. The summed E-state index contributed by atoms with van der Waals surface area (Å²) in [6.07, 6.45) is 0. The molecule has 0 saturated carbocycles. The molecule has 1 amide bonds. The molecule has 1 aromatic carbocycles. The van der Waals surface area contributed by atoms with E-state index in [0.29, 0.717) is 62.4 Å². The van der Waals surface area contributed by atoms with Crippen molar-refractivity contribution in [3.63, 3.8) is 0 Å². The molecule has 0 radical (unpaired) electrons. The van der Waals surface area contributed by atoms with Gasteiger partial charge in [-0.3, -0.25) is 4.79 Å². The summed E-state index contributed by atoms with van der Waals surface area (Å²) in [5.41, 5.74) is 2.91. The number of amides is 1. The molecule has 38 heavy (non-hydrogen) atoms. The van der Waals surface area contributed by atoms with Crippen molar-refractivity contribution in [1.29, 1.82) is 0 Å². The largest absolute Gasteiger partial charge is 0.496 e. The van der Waals surface area contributed by atoms with Crippen LogP contribution in [0.1, 0.15) is 12.5 Å².